The Bertz CT molecular complexity index is 339. The van der Waals surface area contributed by atoms with Crippen LogP contribution in [0, 0.1) is 0 Å². The van der Waals surface area contributed by atoms with Crippen molar-refractivity contribution in [2.75, 3.05) is 14.2 Å². The second-order valence-corrected chi connectivity index (χ2v) is 3.26. The van der Waals surface area contributed by atoms with Crippen LogP contribution in [0.3, 0.4) is 0 Å². The fourth-order valence-corrected chi connectivity index (χ4v) is 1.29. The van der Waals surface area contributed by atoms with Gasteiger partial charge in [0.05, 0.1) is 7.11 Å². The van der Waals surface area contributed by atoms with Gasteiger partial charge < -0.3 is 15.8 Å². The van der Waals surface area contributed by atoms with Crippen LogP contribution in [-0.4, -0.2) is 20.1 Å². The number of methoxy groups -OCH3 is 1. The van der Waals surface area contributed by atoms with Gasteiger partial charge in [-0.15, -0.1) is 0 Å². The van der Waals surface area contributed by atoms with Crippen molar-refractivity contribution >= 4 is 5.91 Å². The Balaban J connectivity index is 2.72. The van der Waals surface area contributed by atoms with E-state index < -0.39 is 0 Å². The minimum atomic E-state index is -0.292. The number of ether oxygens (including phenoxy) is 1. The van der Waals surface area contributed by atoms with Crippen molar-refractivity contribution in [1.82, 2.24) is 5.32 Å². The first kappa shape index (κ1) is 11.5. The van der Waals surface area contributed by atoms with Gasteiger partial charge >= 0.3 is 0 Å². The van der Waals surface area contributed by atoms with E-state index in [1.807, 2.05) is 24.3 Å². The number of hydrogen-bond donors (Lipinski definition) is 2. The molecular weight excluding hydrogens is 192 g/mol. The second kappa shape index (κ2) is 5.36. The number of rotatable bonds is 4. The molecule has 1 amide bonds. The summed E-state index contributed by atoms with van der Waals surface area (Å²) in [5.74, 6) is 0.685. The Morgan fingerprint density at radius 1 is 1.60 bits per heavy atom. The molecule has 1 atom stereocenters. The lowest BCUT2D eigenvalue weighted by Gasteiger charge is -2.11. The van der Waals surface area contributed by atoms with Gasteiger partial charge in [0, 0.05) is 19.5 Å². The first-order chi connectivity index (χ1) is 7.17. The van der Waals surface area contributed by atoms with Gasteiger partial charge in [-0.05, 0) is 17.7 Å². The number of carbonyl (C=O) groups is 1. The van der Waals surface area contributed by atoms with E-state index in [4.69, 9.17) is 10.5 Å². The van der Waals surface area contributed by atoms with E-state index in [0.717, 1.165) is 11.3 Å². The molecule has 0 aliphatic rings. The van der Waals surface area contributed by atoms with Gasteiger partial charge in [0.25, 0.3) is 0 Å². The van der Waals surface area contributed by atoms with Crippen LogP contribution in [-0.2, 0) is 4.79 Å². The quantitative estimate of drug-likeness (QED) is 0.770. The van der Waals surface area contributed by atoms with E-state index in [-0.39, 0.29) is 18.4 Å². The third-order valence-electron chi connectivity index (χ3n) is 2.21. The molecule has 15 heavy (non-hydrogen) atoms. The van der Waals surface area contributed by atoms with E-state index in [1.54, 1.807) is 14.2 Å². The number of carbonyl (C=O) groups excluding carboxylic acids is 1. The maximum atomic E-state index is 11.1. The zero-order valence-corrected chi connectivity index (χ0v) is 8.99. The molecule has 0 spiro atoms. The van der Waals surface area contributed by atoms with Crippen molar-refractivity contribution in [3.05, 3.63) is 29.8 Å². The first-order valence-corrected chi connectivity index (χ1v) is 4.77. The normalized spacial score (nSPS) is 11.9. The van der Waals surface area contributed by atoms with E-state index >= 15 is 0 Å². The van der Waals surface area contributed by atoms with Crippen molar-refractivity contribution in [2.45, 2.75) is 12.5 Å². The van der Waals surface area contributed by atoms with Crippen molar-refractivity contribution in [3.8, 4) is 5.75 Å². The lowest BCUT2D eigenvalue weighted by atomic mass is 10.0. The predicted molar refractivity (Wildman–Crippen MR) is 58.6 cm³/mol. The van der Waals surface area contributed by atoms with Gasteiger partial charge in [0.15, 0.2) is 0 Å². The summed E-state index contributed by atoms with van der Waals surface area (Å²) in [5, 5.41) is 2.54. The highest BCUT2D eigenvalue weighted by molar-refractivity contribution is 5.76. The van der Waals surface area contributed by atoms with E-state index in [1.165, 1.54) is 0 Å². The van der Waals surface area contributed by atoms with Crippen molar-refractivity contribution in [2.24, 2.45) is 5.73 Å². The lowest BCUT2D eigenvalue weighted by Crippen LogP contribution is -2.24. The Morgan fingerprint density at radius 2 is 2.33 bits per heavy atom. The third kappa shape index (κ3) is 3.25. The Hall–Kier alpha value is -1.55. The lowest BCUT2D eigenvalue weighted by molar-refractivity contribution is -0.120. The fraction of sp³-hybridized carbons (Fsp3) is 0.364. The standard InChI is InChI=1S/C11H16N2O2/c1-13-11(14)7-10(12)8-4-3-5-9(6-8)15-2/h3-6,10H,7,12H2,1-2H3,(H,13,14). The Labute approximate surface area is 89.4 Å². The highest BCUT2D eigenvalue weighted by Gasteiger charge is 2.10. The molecule has 4 nitrogen and oxygen atoms in total. The van der Waals surface area contributed by atoms with E-state index in [2.05, 4.69) is 5.32 Å². The number of nitrogens with one attached hydrogen (secondary N) is 1. The van der Waals surface area contributed by atoms with Crippen molar-refractivity contribution in [3.63, 3.8) is 0 Å². The van der Waals surface area contributed by atoms with Gasteiger partial charge in [0.1, 0.15) is 5.75 Å². The molecule has 0 saturated carbocycles. The summed E-state index contributed by atoms with van der Waals surface area (Å²) >= 11 is 0. The second-order valence-electron chi connectivity index (χ2n) is 3.26. The molecule has 3 N–H and O–H groups in total. The summed E-state index contributed by atoms with van der Waals surface area (Å²) in [6.45, 7) is 0. The summed E-state index contributed by atoms with van der Waals surface area (Å²) in [7, 11) is 3.20. The minimum absolute atomic E-state index is 0.0645. The SMILES string of the molecule is CNC(=O)CC(N)c1cccc(OC)c1. The topological polar surface area (TPSA) is 64.4 Å². The molecule has 1 aromatic rings. The van der Waals surface area contributed by atoms with Gasteiger partial charge in [-0.1, -0.05) is 12.1 Å². The van der Waals surface area contributed by atoms with Gasteiger partial charge in [-0.25, -0.2) is 0 Å². The molecule has 82 valence electrons. The molecule has 1 rings (SSSR count). The van der Waals surface area contributed by atoms with E-state index in [0.29, 0.717) is 0 Å². The molecule has 0 saturated heterocycles. The zero-order chi connectivity index (χ0) is 11.3. The summed E-state index contributed by atoms with van der Waals surface area (Å²) < 4.78 is 5.08. The van der Waals surface area contributed by atoms with Crippen LogP contribution in [0.1, 0.15) is 18.0 Å². The number of nitrogens with two attached hydrogens (primary N) is 1. The Kier molecular flexibility index (Phi) is 4.12. The Morgan fingerprint density at radius 3 is 2.93 bits per heavy atom. The summed E-state index contributed by atoms with van der Waals surface area (Å²) in [6.07, 6.45) is 0.281. The number of hydrogen-bond acceptors (Lipinski definition) is 3. The summed E-state index contributed by atoms with van der Waals surface area (Å²) in [5.41, 5.74) is 6.78. The van der Waals surface area contributed by atoms with Crippen molar-refractivity contribution < 1.29 is 9.53 Å². The minimum Gasteiger partial charge on any atom is -0.497 e. The van der Waals surface area contributed by atoms with Crippen LogP contribution in [0.2, 0.25) is 0 Å². The molecule has 0 heterocycles. The molecule has 0 aliphatic carbocycles. The molecule has 1 unspecified atom stereocenters. The predicted octanol–water partition coefficient (Wildman–Crippen LogP) is 0.831. The third-order valence-corrected chi connectivity index (χ3v) is 2.21. The first-order valence-electron chi connectivity index (χ1n) is 4.77. The highest BCUT2D eigenvalue weighted by Crippen LogP contribution is 2.19. The van der Waals surface area contributed by atoms with Crippen LogP contribution in [0.25, 0.3) is 0 Å². The molecule has 1 aromatic carbocycles. The van der Waals surface area contributed by atoms with Gasteiger partial charge in [-0.2, -0.15) is 0 Å². The molecule has 0 aromatic heterocycles. The van der Waals surface area contributed by atoms with Crippen LogP contribution >= 0.6 is 0 Å². The fourth-order valence-electron chi connectivity index (χ4n) is 1.29. The number of benzene rings is 1. The van der Waals surface area contributed by atoms with Gasteiger partial charge in [0.2, 0.25) is 5.91 Å². The monoisotopic (exact) mass is 208 g/mol. The smallest absolute Gasteiger partial charge is 0.221 e. The zero-order valence-electron chi connectivity index (χ0n) is 8.99. The largest absolute Gasteiger partial charge is 0.497 e. The van der Waals surface area contributed by atoms with Crippen LogP contribution in [0.4, 0.5) is 0 Å². The molecular formula is C11H16N2O2. The van der Waals surface area contributed by atoms with Gasteiger partial charge in [-0.3, -0.25) is 4.79 Å². The van der Waals surface area contributed by atoms with Crippen LogP contribution in [0.5, 0.6) is 5.75 Å². The summed E-state index contributed by atoms with van der Waals surface area (Å²) in [6, 6.07) is 7.14. The molecule has 0 fully saturated rings. The average Bonchev–Trinajstić information content (AvgIpc) is 2.28. The average molecular weight is 208 g/mol. The highest BCUT2D eigenvalue weighted by atomic mass is 16.5. The summed E-state index contributed by atoms with van der Waals surface area (Å²) in [4.78, 5) is 11.1. The molecule has 0 aliphatic heterocycles. The van der Waals surface area contributed by atoms with Crippen LogP contribution in [0.15, 0.2) is 24.3 Å². The maximum absolute atomic E-state index is 11.1. The maximum Gasteiger partial charge on any atom is 0.221 e. The molecule has 0 radical (unpaired) electrons. The molecule has 4 heteroatoms. The number of amides is 1. The van der Waals surface area contributed by atoms with E-state index in [9.17, 15) is 4.79 Å². The van der Waals surface area contributed by atoms with Crippen molar-refractivity contribution in [1.29, 1.82) is 0 Å². The molecule has 0 bridgehead atoms. The van der Waals surface area contributed by atoms with Crippen LogP contribution < -0.4 is 15.8 Å².